The van der Waals surface area contributed by atoms with Crippen LogP contribution in [0, 0.1) is 20.8 Å². The van der Waals surface area contributed by atoms with Crippen LogP contribution in [0.4, 0.5) is 0 Å². The lowest BCUT2D eigenvalue weighted by atomic mass is 10.1. The highest BCUT2D eigenvalue weighted by Crippen LogP contribution is 2.17. The number of carbonyl (C=O) groups is 1. The Labute approximate surface area is 165 Å². The maximum absolute atomic E-state index is 12.5. The van der Waals surface area contributed by atoms with Gasteiger partial charge in [0.05, 0.1) is 5.69 Å². The number of aromatic nitrogens is 3. The van der Waals surface area contributed by atoms with Gasteiger partial charge in [-0.1, -0.05) is 23.7 Å². The summed E-state index contributed by atoms with van der Waals surface area (Å²) in [4.78, 5) is 19.0. The molecule has 3 aromatic rings. The fourth-order valence-electron chi connectivity index (χ4n) is 3.30. The van der Waals surface area contributed by atoms with Crippen molar-refractivity contribution in [3.8, 4) is 0 Å². The molecule has 0 radical (unpaired) electrons. The summed E-state index contributed by atoms with van der Waals surface area (Å²) in [5.41, 5.74) is 6.11. The van der Waals surface area contributed by atoms with Crippen LogP contribution in [0.3, 0.4) is 0 Å². The van der Waals surface area contributed by atoms with Crippen LogP contribution in [0.1, 0.15) is 34.6 Å². The van der Waals surface area contributed by atoms with Gasteiger partial charge in [0.15, 0.2) is 5.65 Å². The van der Waals surface area contributed by atoms with Gasteiger partial charge >= 0.3 is 0 Å². The van der Waals surface area contributed by atoms with Crippen LogP contribution in [-0.4, -0.2) is 39.0 Å². The van der Waals surface area contributed by atoms with Crippen molar-refractivity contribution in [3.05, 3.63) is 63.6 Å². The largest absolute Gasteiger partial charge is 0.345 e. The van der Waals surface area contributed by atoms with Crippen molar-refractivity contribution in [2.24, 2.45) is 0 Å². The second-order valence-electron chi connectivity index (χ2n) is 7.01. The van der Waals surface area contributed by atoms with Crippen molar-refractivity contribution in [2.75, 3.05) is 13.6 Å². The second-order valence-corrected chi connectivity index (χ2v) is 7.45. The minimum atomic E-state index is 0.138. The molecular weight excluding hydrogens is 360 g/mol. The van der Waals surface area contributed by atoms with E-state index in [1.165, 1.54) is 5.56 Å². The van der Waals surface area contributed by atoms with E-state index in [2.05, 4.69) is 10.1 Å². The molecule has 1 amide bonds. The average Bonchev–Trinajstić information content (AvgIpc) is 3.01. The zero-order valence-electron chi connectivity index (χ0n) is 16.3. The Morgan fingerprint density at radius 3 is 2.56 bits per heavy atom. The Kier molecular flexibility index (Phi) is 5.80. The summed E-state index contributed by atoms with van der Waals surface area (Å²) in [6, 6.07) is 9.73. The van der Waals surface area contributed by atoms with Gasteiger partial charge in [0.25, 0.3) is 0 Å². The molecule has 0 saturated heterocycles. The number of benzene rings is 1. The van der Waals surface area contributed by atoms with Crippen LogP contribution in [0.15, 0.2) is 30.3 Å². The summed E-state index contributed by atoms with van der Waals surface area (Å²) in [7, 11) is 1.86. The molecule has 3 rings (SSSR count). The third kappa shape index (κ3) is 4.48. The predicted octanol–water partition coefficient (Wildman–Crippen LogP) is 3.94. The number of nitrogens with zero attached hydrogens (tertiary/aromatic N) is 4. The Morgan fingerprint density at radius 1 is 1.15 bits per heavy atom. The number of fused-ring (bicyclic) bond motifs is 1. The molecule has 0 spiro atoms. The van der Waals surface area contributed by atoms with Crippen molar-refractivity contribution in [2.45, 2.75) is 40.0 Å². The van der Waals surface area contributed by atoms with Gasteiger partial charge in [-0.25, -0.2) is 9.50 Å². The van der Waals surface area contributed by atoms with E-state index >= 15 is 0 Å². The number of halogens is 1. The SMILES string of the molecule is Cc1cc2nc(C)c(CCC(=O)N(C)CCc3ccc(Cl)cc3)c(C)n2n1. The smallest absolute Gasteiger partial charge is 0.222 e. The van der Waals surface area contributed by atoms with E-state index in [1.54, 1.807) is 4.90 Å². The molecule has 0 fully saturated rings. The molecule has 0 atom stereocenters. The lowest BCUT2D eigenvalue weighted by Crippen LogP contribution is -2.29. The predicted molar refractivity (Wildman–Crippen MR) is 108 cm³/mol. The average molecular weight is 385 g/mol. The van der Waals surface area contributed by atoms with Gasteiger partial charge < -0.3 is 4.90 Å². The molecule has 0 aliphatic carbocycles. The van der Waals surface area contributed by atoms with E-state index in [-0.39, 0.29) is 5.91 Å². The highest BCUT2D eigenvalue weighted by molar-refractivity contribution is 6.30. The topological polar surface area (TPSA) is 50.5 Å². The number of hydrogen-bond acceptors (Lipinski definition) is 3. The normalized spacial score (nSPS) is 11.1. The fraction of sp³-hybridized carbons (Fsp3) is 0.381. The molecule has 1 aromatic carbocycles. The van der Waals surface area contributed by atoms with E-state index in [0.717, 1.165) is 39.7 Å². The number of carbonyl (C=O) groups excluding carboxylic acids is 1. The third-order valence-electron chi connectivity index (χ3n) is 4.95. The summed E-state index contributed by atoms with van der Waals surface area (Å²) in [6.45, 7) is 6.69. The summed E-state index contributed by atoms with van der Waals surface area (Å²) in [5.74, 6) is 0.138. The maximum atomic E-state index is 12.5. The maximum Gasteiger partial charge on any atom is 0.222 e. The van der Waals surface area contributed by atoms with Gasteiger partial charge in [-0.3, -0.25) is 4.79 Å². The van der Waals surface area contributed by atoms with Crippen molar-refractivity contribution < 1.29 is 4.79 Å². The van der Waals surface area contributed by atoms with Crippen LogP contribution >= 0.6 is 11.6 Å². The van der Waals surface area contributed by atoms with Gasteiger partial charge in [-0.15, -0.1) is 0 Å². The van der Waals surface area contributed by atoms with Crippen molar-refractivity contribution in [1.82, 2.24) is 19.5 Å². The molecule has 0 saturated carbocycles. The van der Waals surface area contributed by atoms with Crippen molar-refractivity contribution in [3.63, 3.8) is 0 Å². The number of rotatable bonds is 6. The summed E-state index contributed by atoms with van der Waals surface area (Å²) in [5, 5.41) is 5.22. The van der Waals surface area contributed by atoms with Gasteiger partial charge in [0.2, 0.25) is 5.91 Å². The minimum absolute atomic E-state index is 0.138. The van der Waals surface area contributed by atoms with Gasteiger partial charge in [-0.05, 0) is 56.9 Å². The quantitative estimate of drug-likeness (QED) is 0.646. The number of amides is 1. The lowest BCUT2D eigenvalue weighted by Gasteiger charge is -2.18. The first-order valence-electron chi connectivity index (χ1n) is 9.16. The molecule has 0 aliphatic heterocycles. The van der Waals surface area contributed by atoms with Crippen LogP contribution in [0.5, 0.6) is 0 Å². The molecule has 142 valence electrons. The van der Waals surface area contributed by atoms with E-state index in [0.29, 0.717) is 19.4 Å². The van der Waals surface area contributed by atoms with Crippen molar-refractivity contribution >= 4 is 23.2 Å². The Balaban J connectivity index is 1.61. The second kappa shape index (κ2) is 8.09. The summed E-state index contributed by atoms with van der Waals surface area (Å²) >= 11 is 5.91. The molecule has 0 unspecified atom stereocenters. The molecule has 2 heterocycles. The van der Waals surface area contributed by atoms with Crippen LogP contribution < -0.4 is 0 Å². The van der Waals surface area contributed by atoms with Crippen molar-refractivity contribution in [1.29, 1.82) is 0 Å². The highest BCUT2D eigenvalue weighted by Gasteiger charge is 2.14. The van der Waals surface area contributed by atoms with E-state index in [1.807, 2.05) is 62.7 Å². The standard InChI is InChI=1S/C21H25ClN4O/c1-14-13-20-23-15(2)19(16(3)26(20)24-14)9-10-21(27)25(4)12-11-17-5-7-18(22)8-6-17/h5-8,13H,9-12H2,1-4H3. The summed E-state index contributed by atoms with van der Waals surface area (Å²) < 4.78 is 1.87. The first-order valence-corrected chi connectivity index (χ1v) is 9.54. The number of likely N-dealkylation sites (N-methyl/N-ethyl adjacent to an activating group) is 1. The number of aryl methyl sites for hydroxylation is 3. The Hall–Kier alpha value is -2.40. The molecular formula is C21H25ClN4O. The monoisotopic (exact) mass is 384 g/mol. The Morgan fingerprint density at radius 2 is 1.85 bits per heavy atom. The van der Waals surface area contributed by atoms with E-state index < -0.39 is 0 Å². The number of hydrogen-bond donors (Lipinski definition) is 0. The van der Waals surface area contributed by atoms with Crippen LogP contribution in [0.25, 0.3) is 5.65 Å². The molecule has 0 bridgehead atoms. The third-order valence-corrected chi connectivity index (χ3v) is 5.20. The first-order chi connectivity index (χ1) is 12.8. The lowest BCUT2D eigenvalue weighted by molar-refractivity contribution is -0.129. The molecule has 27 heavy (non-hydrogen) atoms. The first kappa shape index (κ1) is 19.4. The van der Waals surface area contributed by atoms with Crippen LogP contribution in [-0.2, 0) is 17.6 Å². The Bertz CT molecular complexity index is 962. The van der Waals surface area contributed by atoms with Gasteiger partial charge in [0.1, 0.15) is 0 Å². The zero-order chi connectivity index (χ0) is 19.6. The van der Waals surface area contributed by atoms with Gasteiger partial charge in [-0.2, -0.15) is 5.10 Å². The zero-order valence-corrected chi connectivity index (χ0v) is 17.0. The molecule has 2 aromatic heterocycles. The minimum Gasteiger partial charge on any atom is -0.345 e. The summed E-state index contributed by atoms with van der Waals surface area (Å²) in [6.07, 6.45) is 1.95. The van der Waals surface area contributed by atoms with E-state index in [9.17, 15) is 4.79 Å². The highest BCUT2D eigenvalue weighted by atomic mass is 35.5. The fourth-order valence-corrected chi connectivity index (χ4v) is 3.42. The molecule has 5 nitrogen and oxygen atoms in total. The molecule has 6 heteroatoms. The molecule has 0 aliphatic rings. The van der Waals surface area contributed by atoms with Gasteiger partial charge in [0, 0.05) is 42.5 Å². The van der Waals surface area contributed by atoms with E-state index in [4.69, 9.17) is 11.6 Å². The van der Waals surface area contributed by atoms with Crippen LogP contribution in [0.2, 0.25) is 5.02 Å². The molecule has 0 N–H and O–H groups in total.